The van der Waals surface area contributed by atoms with Crippen LogP contribution in [0.1, 0.15) is 45.7 Å². The number of hydrogen-bond donors (Lipinski definition) is 2. The topological polar surface area (TPSA) is 49.8 Å². The lowest BCUT2D eigenvalue weighted by atomic mass is 10.0. The van der Waals surface area contributed by atoms with Crippen LogP contribution in [0, 0.1) is 5.92 Å². The highest BCUT2D eigenvalue weighted by Crippen LogP contribution is 2.29. The summed E-state index contributed by atoms with van der Waals surface area (Å²) in [5.74, 6) is 0.642. The van der Waals surface area contributed by atoms with Gasteiger partial charge in [-0.1, -0.05) is 33.6 Å². The fourth-order valence-corrected chi connectivity index (χ4v) is 1.83. The van der Waals surface area contributed by atoms with Gasteiger partial charge in [-0.3, -0.25) is 0 Å². The van der Waals surface area contributed by atoms with E-state index in [1.165, 1.54) is 0 Å². The molecule has 21 heavy (non-hydrogen) atoms. The molecule has 0 saturated carbocycles. The van der Waals surface area contributed by atoms with Gasteiger partial charge in [-0.05, 0) is 12.3 Å². The van der Waals surface area contributed by atoms with Gasteiger partial charge in [-0.2, -0.15) is 18.2 Å². The number of alkyl halides is 3. The predicted octanol–water partition coefficient (Wildman–Crippen LogP) is 4.17. The van der Waals surface area contributed by atoms with Gasteiger partial charge in [0.05, 0.1) is 0 Å². The summed E-state index contributed by atoms with van der Waals surface area (Å²) in [4.78, 5) is 7.61. The fourth-order valence-electron chi connectivity index (χ4n) is 1.83. The first kappa shape index (κ1) is 17.5. The average Bonchev–Trinajstić information content (AvgIpc) is 2.45. The van der Waals surface area contributed by atoms with E-state index < -0.39 is 11.9 Å². The van der Waals surface area contributed by atoms with Gasteiger partial charge >= 0.3 is 6.18 Å². The Bertz CT molecular complexity index is 431. The molecule has 0 aliphatic rings. The van der Waals surface area contributed by atoms with Crippen LogP contribution in [0.5, 0.6) is 0 Å². The minimum Gasteiger partial charge on any atom is -0.370 e. The number of hydrogen-bond acceptors (Lipinski definition) is 4. The first-order valence-electron chi connectivity index (χ1n) is 7.34. The number of nitrogens with zero attached hydrogens (tertiary/aromatic N) is 2. The van der Waals surface area contributed by atoms with E-state index in [-0.39, 0.29) is 11.8 Å². The van der Waals surface area contributed by atoms with Gasteiger partial charge in [0.25, 0.3) is 0 Å². The zero-order valence-corrected chi connectivity index (χ0v) is 12.7. The van der Waals surface area contributed by atoms with Crippen molar-refractivity contribution in [2.45, 2.75) is 46.2 Å². The van der Waals surface area contributed by atoms with Crippen LogP contribution in [0.25, 0.3) is 0 Å². The molecule has 120 valence electrons. The van der Waals surface area contributed by atoms with Gasteiger partial charge in [0, 0.05) is 19.2 Å². The minimum absolute atomic E-state index is 0.0127. The SMILES string of the molecule is CCCNc1nc(NCC(CC)CC)cc(C(F)(F)F)n1. The Morgan fingerprint density at radius 2 is 1.76 bits per heavy atom. The number of nitrogens with one attached hydrogen (secondary N) is 2. The van der Waals surface area contributed by atoms with Gasteiger partial charge in [0.1, 0.15) is 5.82 Å². The van der Waals surface area contributed by atoms with E-state index in [1.54, 1.807) is 0 Å². The van der Waals surface area contributed by atoms with Crippen LogP contribution in [-0.4, -0.2) is 23.1 Å². The molecular weight excluding hydrogens is 281 g/mol. The van der Waals surface area contributed by atoms with Crippen molar-refractivity contribution in [1.29, 1.82) is 0 Å². The van der Waals surface area contributed by atoms with Crippen molar-refractivity contribution in [3.8, 4) is 0 Å². The van der Waals surface area contributed by atoms with E-state index in [0.717, 1.165) is 25.3 Å². The van der Waals surface area contributed by atoms with Crippen molar-refractivity contribution in [1.82, 2.24) is 9.97 Å². The summed E-state index contributed by atoms with van der Waals surface area (Å²) in [6.45, 7) is 7.19. The van der Waals surface area contributed by atoms with Crippen LogP contribution in [-0.2, 0) is 6.18 Å². The van der Waals surface area contributed by atoms with Gasteiger partial charge in [-0.15, -0.1) is 0 Å². The molecule has 0 saturated heterocycles. The molecule has 1 aromatic heterocycles. The maximum Gasteiger partial charge on any atom is 0.433 e. The molecule has 0 aliphatic heterocycles. The molecule has 7 heteroatoms. The molecule has 1 rings (SSSR count). The molecular formula is C14H23F3N4. The smallest absolute Gasteiger partial charge is 0.370 e. The second-order valence-electron chi connectivity index (χ2n) is 4.95. The van der Waals surface area contributed by atoms with Crippen LogP contribution < -0.4 is 10.6 Å². The monoisotopic (exact) mass is 304 g/mol. The number of anilines is 2. The van der Waals surface area contributed by atoms with Gasteiger partial charge in [-0.25, -0.2) is 4.98 Å². The molecule has 1 heterocycles. The molecule has 1 aromatic rings. The number of halogens is 3. The maximum atomic E-state index is 12.9. The van der Waals surface area contributed by atoms with E-state index in [0.29, 0.717) is 19.0 Å². The summed E-state index contributed by atoms with van der Waals surface area (Å²) >= 11 is 0. The summed E-state index contributed by atoms with van der Waals surface area (Å²) in [6, 6.07) is 0.958. The Balaban J connectivity index is 2.90. The number of rotatable bonds is 8. The lowest BCUT2D eigenvalue weighted by Gasteiger charge is -2.16. The van der Waals surface area contributed by atoms with Gasteiger partial charge < -0.3 is 10.6 Å². The zero-order chi connectivity index (χ0) is 15.9. The fraction of sp³-hybridized carbons (Fsp3) is 0.714. The maximum absolute atomic E-state index is 12.9. The van der Waals surface area contributed by atoms with E-state index in [1.807, 2.05) is 6.92 Å². The third kappa shape index (κ3) is 5.77. The molecule has 0 aliphatic carbocycles. The summed E-state index contributed by atoms with van der Waals surface area (Å²) < 4.78 is 38.6. The number of aromatic nitrogens is 2. The third-order valence-electron chi connectivity index (χ3n) is 3.28. The molecule has 4 nitrogen and oxygen atoms in total. The standard InChI is InChI=1S/C14H23F3N4/c1-4-7-18-13-20-11(14(15,16)17)8-12(21-13)19-9-10(5-2)6-3/h8,10H,4-7,9H2,1-3H3,(H2,18,19,20,21). The Kier molecular flexibility index (Phi) is 6.71. The van der Waals surface area contributed by atoms with Crippen molar-refractivity contribution in [3.63, 3.8) is 0 Å². The van der Waals surface area contributed by atoms with Crippen LogP contribution in [0.15, 0.2) is 6.07 Å². The van der Waals surface area contributed by atoms with Crippen molar-refractivity contribution >= 4 is 11.8 Å². The van der Waals surface area contributed by atoms with Gasteiger partial charge in [0.2, 0.25) is 5.95 Å². The Hall–Kier alpha value is -1.53. The molecule has 0 spiro atoms. The molecule has 0 bridgehead atoms. The van der Waals surface area contributed by atoms with Crippen molar-refractivity contribution < 1.29 is 13.2 Å². The molecule has 0 atom stereocenters. The first-order valence-corrected chi connectivity index (χ1v) is 7.34. The molecule has 0 amide bonds. The van der Waals surface area contributed by atoms with E-state index >= 15 is 0 Å². The largest absolute Gasteiger partial charge is 0.433 e. The average molecular weight is 304 g/mol. The van der Waals surface area contributed by atoms with Crippen LogP contribution in [0.4, 0.5) is 24.9 Å². The molecule has 0 fully saturated rings. The van der Waals surface area contributed by atoms with E-state index in [9.17, 15) is 13.2 Å². The van der Waals surface area contributed by atoms with Gasteiger partial charge in [0.15, 0.2) is 5.69 Å². The molecule has 0 aromatic carbocycles. The Morgan fingerprint density at radius 3 is 2.29 bits per heavy atom. The molecule has 2 N–H and O–H groups in total. The van der Waals surface area contributed by atoms with E-state index in [2.05, 4.69) is 34.4 Å². The van der Waals surface area contributed by atoms with Crippen molar-refractivity contribution in [2.24, 2.45) is 5.92 Å². The summed E-state index contributed by atoms with van der Waals surface area (Å²) in [5.41, 5.74) is -0.928. The zero-order valence-electron chi connectivity index (χ0n) is 12.7. The van der Waals surface area contributed by atoms with Crippen LogP contribution >= 0.6 is 0 Å². The normalized spacial score (nSPS) is 11.8. The molecule has 0 unspecified atom stereocenters. The highest BCUT2D eigenvalue weighted by Gasteiger charge is 2.33. The Labute approximate surface area is 123 Å². The van der Waals surface area contributed by atoms with Crippen LogP contribution in [0.2, 0.25) is 0 Å². The summed E-state index contributed by atoms with van der Waals surface area (Å²) in [5, 5.41) is 5.79. The quantitative estimate of drug-likeness (QED) is 0.757. The summed E-state index contributed by atoms with van der Waals surface area (Å²) in [6.07, 6.45) is -1.74. The second kappa shape index (κ2) is 8.05. The minimum atomic E-state index is -4.48. The Morgan fingerprint density at radius 1 is 1.10 bits per heavy atom. The summed E-state index contributed by atoms with van der Waals surface area (Å²) in [7, 11) is 0. The predicted molar refractivity (Wildman–Crippen MR) is 78.4 cm³/mol. The molecule has 0 radical (unpaired) electrons. The second-order valence-corrected chi connectivity index (χ2v) is 4.95. The lowest BCUT2D eigenvalue weighted by molar-refractivity contribution is -0.141. The highest BCUT2D eigenvalue weighted by molar-refractivity contribution is 5.43. The third-order valence-corrected chi connectivity index (χ3v) is 3.28. The van der Waals surface area contributed by atoms with Crippen LogP contribution in [0.3, 0.4) is 0 Å². The lowest BCUT2D eigenvalue weighted by Crippen LogP contribution is -2.17. The highest BCUT2D eigenvalue weighted by atomic mass is 19.4. The first-order chi connectivity index (χ1) is 9.90. The van der Waals surface area contributed by atoms with Crippen molar-refractivity contribution in [3.05, 3.63) is 11.8 Å². The van der Waals surface area contributed by atoms with E-state index in [4.69, 9.17) is 0 Å². The van der Waals surface area contributed by atoms with Crippen molar-refractivity contribution in [2.75, 3.05) is 23.7 Å².